The molecule has 1 saturated heterocycles. The summed E-state index contributed by atoms with van der Waals surface area (Å²) in [6, 6.07) is 7.60. The second-order valence-corrected chi connectivity index (χ2v) is 7.62. The van der Waals surface area contributed by atoms with Gasteiger partial charge in [-0.3, -0.25) is 0 Å². The van der Waals surface area contributed by atoms with Crippen molar-refractivity contribution in [2.24, 2.45) is 11.7 Å². The molecule has 112 valence electrons. The van der Waals surface area contributed by atoms with Crippen molar-refractivity contribution in [2.75, 3.05) is 6.54 Å². The lowest BCUT2D eigenvalue weighted by molar-refractivity contribution is 0.202. The zero-order valence-corrected chi connectivity index (χ0v) is 13.1. The van der Waals surface area contributed by atoms with E-state index >= 15 is 0 Å². The minimum Gasteiger partial charge on any atom is -0.326 e. The molecular formula is C15H24N2O2S. The Balaban J connectivity index is 2.22. The molecule has 1 aliphatic heterocycles. The summed E-state index contributed by atoms with van der Waals surface area (Å²) in [5, 5.41) is 0. The van der Waals surface area contributed by atoms with Crippen LogP contribution in [-0.4, -0.2) is 25.3 Å². The molecule has 0 saturated carbocycles. The summed E-state index contributed by atoms with van der Waals surface area (Å²) in [5.41, 5.74) is 7.42. The van der Waals surface area contributed by atoms with Gasteiger partial charge in [-0.2, -0.15) is 4.31 Å². The Hall–Kier alpha value is -0.910. The molecule has 1 aromatic carbocycles. The molecule has 5 heteroatoms. The minimum atomic E-state index is -3.27. The highest BCUT2D eigenvalue weighted by atomic mass is 32.2. The average Bonchev–Trinajstić information content (AvgIpc) is 2.42. The van der Waals surface area contributed by atoms with Crippen LogP contribution < -0.4 is 5.73 Å². The van der Waals surface area contributed by atoms with Crippen LogP contribution in [0.3, 0.4) is 0 Å². The molecule has 2 unspecified atom stereocenters. The van der Waals surface area contributed by atoms with E-state index in [1.165, 1.54) is 0 Å². The number of sulfonamides is 1. The fourth-order valence-corrected chi connectivity index (χ4v) is 4.83. The molecule has 0 aromatic heterocycles. The third-order valence-corrected chi connectivity index (χ3v) is 6.25. The number of piperidine rings is 1. The van der Waals surface area contributed by atoms with Crippen molar-refractivity contribution in [3.05, 3.63) is 35.4 Å². The Morgan fingerprint density at radius 3 is 2.55 bits per heavy atom. The Morgan fingerprint density at radius 2 is 1.90 bits per heavy atom. The first-order valence-corrected chi connectivity index (χ1v) is 8.83. The quantitative estimate of drug-likeness (QED) is 0.925. The summed E-state index contributed by atoms with van der Waals surface area (Å²) in [7, 11) is -3.27. The van der Waals surface area contributed by atoms with Crippen molar-refractivity contribution in [1.82, 2.24) is 4.31 Å². The molecule has 0 spiro atoms. The van der Waals surface area contributed by atoms with E-state index in [2.05, 4.69) is 6.92 Å². The summed E-state index contributed by atoms with van der Waals surface area (Å²) in [6.07, 6.45) is 2.05. The first kappa shape index (κ1) is 15.5. The van der Waals surface area contributed by atoms with E-state index < -0.39 is 10.0 Å². The predicted octanol–water partition coefficient (Wildman–Crippen LogP) is 2.10. The molecular weight excluding hydrogens is 272 g/mol. The lowest BCUT2D eigenvalue weighted by atomic mass is 9.94. The van der Waals surface area contributed by atoms with E-state index in [0.29, 0.717) is 19.0 Å². The van der Waals surface area contributed by atoms with Gasteiger partial charge in [0.25, 0.3) is 0 Å². The highest BCUT2D eigenvalue weighted by Gasteiger charge is 2.33. The smallest absolute Gasteiger partial charge is 0.218 e. The normalized spacial score (nSPS) is 24.8. The Labute approximate surface area is 122 Å². The van der Waals surface area contributed by atoms with Crippen molar-refractivity contribution >= 4 is 10.0 Å². The highest BCUT2D eigenvalue weighted by molar-refractivity contribution is 7.88. The third kappa shape index (κ3) is 3.22. The zero-order valence-electron chi connectivity index (χ0n) is 12.2. The van der Waals surface area contributed by atoms with Crippen molar-refractivity contribution in [3.63, 3.8) is 0 Å². The summed E-state index contributed by atoms with van der Waals surface area (Å²) >= 11 is 0. The van der Waals surface area contributed by atoms with Crippen LogP contribution >= 0.6 is 0 Å². The van der Waals surface area contributed by atoms with Crippen molar-refractivity contribution in [1.29, 1.82) is 0 Å². The molecule has 0 bridgehead atoms. The van der Waals surface area contributed by atoms with Gasteiger partial charge in [-0.15, -0.1) is 0 Å². The molecule has 1 aromatic rings. The van der Waals surface area contributed by atoms with E-state index in [-0.39, 0.29) is 11.8 Å². The second-order valence-electron chi connectivity index (χ2n) is 5.70. The van der Waals surface area contributed by atoms with Crippen LogP contribution in [0, 0.1) is 5.92 Å². The van der Waals surface area contributed by atoms with Gasteiger partial charge in [0.05, 0.1) is 5.75 Å². The lowest BCUT2D eigenvalue weighted by Gasteiger charge is -2.37. The molecule has 1 fully saturated rings. The van der Waals surface area contributed by atoms with Crippen LogP contribution in [0.5, 0.6) is 0 Å². The second kappa shape index (κ2) is 6.24. The van der Waals surface area contributed by atoms with E-state index in [4.69, 9.17) is 5.73 Å². The van der Waals surface area contributed by atoms with Gasteiger partial charge in [-0.1, -0.05) is 31.2 Å². The maximum Gasteiger partial charge on any atom is 0.218 e. The topological polar surface area (TPSA) is 63.4 Å². The molecule has 2 rings (SSSR count). The fraction of sp³-hybridized carbons (Fsp3) is 0.600. The number of rotatable bonds is 4. The van der Waals surface area contributed by atoms with Gasteiger partial charge in [0.2, 0.25) is 10.0 Å². The maximum atomic E-state index is 12.7. The van der Waals surface area contributed by atoms with Gasteiger partial charge in [0.15, 0.2) is 0 Å². The molecule has 2 atom stereocenters. The molecule has 1 aliphatic rings. The van der Waals surface area contributed by atoms with E-state index in [0.717, 1.165) is 24.0 Å². The van der Waals surface area contributed by atoms with Crippen LogP contribution in [0.1, 0.15) is 37.8 Å². The van der Waals surface area contributed by atoms with E-state index in [9.17, 15) is 8.42 Å². The van der Waals surface area contributed by atoms with Gasteiger partial charge < -0.3 is 5.73 Å². The summed E-state index contributed by atoms with van der Waals surface area (Å²) in [4.78, 5) is 0. The van der Waals surface area contributed by atoms with Gasteiger partial charge in [-0.05, 0) is 36.8 Å². The SMILES string of the molecule is CC1CCCN(S(=O)(=O)Cc2ccccc2CN)C1C. The van der Waals surface area contributed by atoms with Crippen molar-refractivity contribution in [3.8, 4) is 0 Å². The van der Waals surface area contributed by atoms with Crippen LogP contribution in [0.25, 0.3) is 0 Å². The summed E-state index contributed by atoms with van der Waals surface area (Å²) in [6.45, 7) is 5.15. The summed E-state index contributed by atoms with van der Waals surface area (Å²) in [5.74, 6) is 0.473. The largest absolute Gasteiger partial charge is 0.326 e. The monoisotopic (exact) mass is 296 g/mol. The molecule has 0 aliphatic carbocycles. The van der Waals surface area contributed by atoms with Crippen LogP contribution in [-0.2, 0) is 22.3 Å². The first-order chi connectivity index (χ1) is 9.45. The van der Waals surface area contributed by atoms with E-state index in [1.54, 1.807) is 4.31 Å². The van der Waals surface area contributed by atoms with Crippen molar-refractivity contribution < 1.29 is 8.42 Å². The standard InChI is InChI=1S/C15H24N2O2S/c1-12-6-5-9-17(13(12)2)20(18,19)11-15-8-4-3-7-14(15)10-16/h3-4,7-8,12-13H,5-6,9-11,16H2,1-2H3. The lowest BCUT2D eigenvalue weighted by Crippen LogP contribution is -2.46. The Kier molecular flexibility index (Phi) is 4.83. The Morgan fingerprint density at radius 1 is 1.25 bits per heavy atom. The first-order valence-electron chi connectivity index (χ1n) is 7.22. The molecule has 4 nitrogen and oxygen atoms in total. The number of benzene rings is 1. The highest BCUT2D eigenvalue weighted by Crippen LogP contribution is 2.27. The van der Waals surface area contributed by atoms with Gasteiger partial charge in [0, 0.05) is 19.1 Å². The number of nitrogens with two attached hydrogens (primary N) is 1. The minimum absolute atomic E-state index is 0.0530. The van der Waals surface area contributed by atoms with Gasteiger partial charge >= 0.3 is 0 Å². The third-order valence-electron chi connectivity index (χ3n) is 4.35. The molecule has 20 heavy (non-hydrogen) atoms. The molecule has 0 amide bonds. The van der Waals surface area contributed by atoms with Gasteiger partial charge in [-0.25, -0.2) is 8.42 Å². The van der Waals surface area contributed by atoms with Crippen LogP contribution in [0.2, 0.25) is 0 Å². The van der Waals surface area contributed by atoms with E-state index in [1.807, 2.05) is 31.2 Å². The fourth-order valence-electron chi connectivity index (χ4n) is 2.87. The number of hydrogen-bond donors (Lipinski definition) is 1. The van der Waals surface area contributed by atoms with Gasteiger partial charge in [0.1, 0.15) is 0 Å². The Bertz CT molecular complexity index is 557. The average molecular weight is 296 g/mol. The number of hydrogen-bond acceptors (Lipinski definition) is 3. The summed E-state index contributed by atoms with van der Waals surface area (Å²) < 4.78 is 27.0. The zero-order chi connectivity index (χ0) is 14.8. The molecule has 1 heterocycles. The van der Waals surface area contributed by atoms with Crippen molar-refractivity contribution in [2.45, 2.75) is 45.0 Å². The molecule has 0 radical (unpaired) electrons. The number of nitrogens with zero attached hydrogens (tertiary/aromatic N) is 1. The predicted molar refractivity (Wildman–Crippen MR) is 81.5 cm³/mol. The molecule has 2 N–H and O–H groups in total. The van der Waals surface area contributed by atoms with Crippen LogP contribution in [0.15, 0.2) is 24.3 Å². The van der Waals surface area contributed by atoms with Crippen LogP contribution in [0.4, 0.5) is 0 Å². The maximum absolute atomic E-state index is 12.7.